The lowest BCUT2D eigenvalue weighted by Crippen LogP contribution is -2.18. The van der Waals surface area contributed by atoms with Gasteiger partial charge < -0.3 is 5.32 Å². The lowest BCUT2D eigenvalue weighted by molar-refractivity contribution is 0.300. The van der Waals surface area contributed by atoms with Crippen molar-refractivity contribution in [2.75, 3.05) is 0 Å². The van der Waals surface area contributed by atoms with E-state index in [2.05, 4.69) is 55.2 Å². The molecular formula is C12H14BrN3O. The smallest absolute Gasteiger partial charge is 0.121 e. The van der Waals surface area contributed by atoms with Gasteiger partial charge in [-0.3, -0.25) is 0 Å². The van der Waals surface area contributed by atoms with E-state index in [1.165, 1.54) is 5.56 Å². The van der Waals surface area contributed by atoms with Crippen molar-refractivity contribution in [3.63, 3.8) is 0 Å². The molecule has 0 bridgehead atoms. The van der Waals surface area contributed by atoms with E-state index >= 15 is 0 Å². The molecule has 1 atom stereocenters. The van der Waals surface area contributed by atoms with Crippen LogP contribution in [0.1, 0.15) is 29.9 Å². The molecule has 0 fully saturated rings. The fourth-order valence-electron chi connectivity index (χ4n) is 1.55. The maximum absolute atomic E-state index is 4.65. The van der Waals surface area contributed by atoms with Crippen molar-refractivity contribution >= 4 is 15.9 Å². The van der Waals surface area contributed by atoms with Crippen LogP contribution >= 0.6 is 15.9 Å². The number of nitrogens with one attached hydrogen (secondary N) is 1. The summed E-state index contributed by atoms with van der Waals surface area (Å²) in [5, 5.41) is 11.0. The molecule has 4 nitrogen and oxygen atoms in total. The number of benzene rings is 1. The van der Waals surface area contributed by atoms with Gasteiger partial charge in [-0.15, -0.1) is 0 Å². The molecule has 0 saturated heterocycles. The van der Waals surface area contributed by atoms with Crippen molar-refractivity contribution in [2.45, 2.75) is 26.4 Å². The van der Waals surface area contributed by atoms with Gasteiger partial charge >= 0.3 is 0 Å². The molecule has 2 aromatic rings. The van der Waals surface area contributed by atoms with Crippen molar-refractivity contribution in [2.24, 2.45) is 0 Å². The maximum Gasteiger partial charge on any atom is 0.121 e. The Morgan fingerprint density at radius 2 is 2.24 bits per heavy atom. The number of hydrogen-bond donors (Lipinski definition) is 1. The number of halogens is 1. The summed E-state index contributed by atoms with van der Waals surface area (Å²) in [5.41, 5.74) is 2.92. The average molecular weight is 296 g/mol. The van der Waals surface area contributed by atoms with Gasteiger partial charge in [0.1, 0.15) is 11.4 Å². The van der Waals surface area contributed by atoms with E-state index in [4.69, 9.17) is 0 Å². The molecule has 0 amide bonds. The molecule has 1 unspecified atom stereocenters. The lowest BCUT2D eigenvalue weighted by Gasteiger charge is -2.13. The monoisotopic (exact) mass is 295 g/mol. The topological polar surface area (TPSA) is 51.0 Å². The SMILES string of the molecule is Cc1nonc1CNC(C)c1cccc(Br)c1. The van der Waals surface area contributed by atoms with E-state index in [9.17, 15) is 0 Å². The summed E-state index contributed by atoms with van der Waals surface area (Å²) in [4.78, 5) is 0. The first-order valence-electron chi connectivity index (χ1n) is 5.43. The minimum Gasteiger partial charge on any atom is -0.304 e. The van der Waals surface area contributed by atoms with Crippen molar-refractivity contribution in [3.05, 3.63) is 45.7 Å². The van der Waals surface area contributed by atoms with Gasteiger partial charge in [-0.25, -0.2) is 4.63 Å². The van der Waals surface area contributed by atoms with Crippen molar-refractivity contribution < 1.29 is 4.63 Å². The standard InChI is InChI=1S/C12H14BrN3O/c1-8(10-4-3-5-11(13)6-10)14-7-12-9(2)15-17-16-12/h3-6,8,14H,7H2,1-2H3. The number of rotatable bonds is 4. The molecule has 1 heterocycles. The second-order valence-corrected chi connectivity index (χ2v) is 4.87. The third kappa shape index (κ3) is 3.14. The highest BCUT2D eigenvalue weighted by Gasteiger charge is 2.09. The van der Waals surface area contributed by atoms with E-state index in [-0.39, 0.29) is 6.04 Å². The lowest BCUT2D eigenvalue weighted by atomic mass is 10.1. The van der Waals surface area contributed by atoms with Crippen LogP contribution < -0.4 is 5.32 Å². The number of hydrogen-bond acceptors (Lipinski definition) is 4. The van der Waals surface area contributed by atoms with Gasteiger partial charge in [0, 0.05) is 17.1 Å². The molecule has 1 N–H and O–H groups in total. The van der Waals surface area contributed by atoms with Crippen molar-refractivity contribution in [1.29, 1.82) is 0 Å². The fraction of sp³-hybridized carbons (Fsp3) is 0.333. The molecular weight excluding hydrogens is 282 g/mol. The first-order valence-corrected chi connectivity index (χ1v) is 6.23. The first kappa shape index (κ1) is 12.3. The molecule has 2 rings (SSSR count). The van der Waals surface area contributed by atoms with Crippen molar-refractivity contribution in [3.8, 4) is 0 Å². The highest BCUT2D eigenvalue weighted by atomic mass is 79.9. The summed E-state index contributed by atoms with van der Waals surface area (Å²) in [6.45, 7) is 4.66. The quantitative estimate of drug-likeness (QED) is 0.942. The van der Waals surface area contributed by atoms with Crippen LogP contribution in [0.15, 0.2) is 33.4 Å². The molecule has 17 heavy (non-hydrogen) atoms. The molecule has 0 aliphatic heterocycles. The van der Waals surface area contributed by atoms with Gasteiger partial charge in [0.05, 0.1) is 0 Å². The van der Waals surface area contributed by atoms with Gasteiger partial charge in [0.25, 0.3) is 0 Å². The summed E-state index contributed by atoms with van der Waals surface area (Å²) >= 11 is 3.47. The molecule has 0 radical (unpaired) electrons. The van der Waals surface area contributed by atoms with Gasteiger partial charge in [0.15, 0.2) is 0 Å². The molecule has 90 valence electrons. The summed E-state index contributed by atoms with van der Waals surface area (Å²) in [6, 6.07) is 8.49. The molecule has 0 spiro atoms. The zero-order valence-corrected chi connectivity index (χ0v) is 11.4. The predicted molar refractivity (Wildman–Crippen MR) is 68.4 cm³/mol. The fourth-order valence-corrected chi connectivity index (χ4v) is 1.97. The second-order valence-electron chi connectivity index (χ2n) is 3.95. The van der Waals surface area contributed by atoms with Crippen LogP contribution in [-0.4, -0.2) is 10.3 Å². The molecule has 0 saturated carbocycles. The Morgan fingerprint density at radius 1 is 1.41 bits per heavy atom. The predicted octanol–water partition coefficient (Wildman–Crippen LogP) is 2.99. The molecule has 1 aromatic carbocycles. The van der Waals surface area contributed by atoms with Crippen LogP contribution in [0, 0.1) is 6.92 Å². The zero-order chi connectivity index (χ0) is 12.3. The molecule has 5 heteroatoms. The van der Waals surface area contributed by atoms with Gasteiger partial charge in [-0.1, -0.05) is 38.4 Å². The molecule has 0 aliphatic carbocycles. The largest absolute Gasteiger partial charge is 0.304 e. The third-order valence-electron chi connectivity index (χ3n) is 2.67. The van der Waals surface area contributed by atoms with Crippen LogP contribution in [0.5, 0.6) is 0 Å². The van der Waals surface area contributed by atoms with Crippen LogP contribution in [-0.2, 0) is 6.54 Å². The Kier molecular flexibility index (Phi) is 3.91. The maximum atomic E-state index is 4.65. The number of aromatic nitrogens is 2. The zero-order valence-electron chi connectivity index (χ0n) is 9.77. The minimum absolute atomic E-state index is 0.253. The molecule has 1 aromatic heterocycles. The van der Waals surface area contributed by atoms with E-state index in [1.54, 1.807) is 0 Å². The third-order valence-corrected chi connectivity index (χ3v) is 3.16. The van der Waals surface area contributed by atoms with Gasteiger partial charge in [0.2, 0.25) is 0 Å². The molecule has 0 aliphatic rings. The Hall–Kier alpha value is -1.20. The summed E-state index contributed by atoms with van der Waals surface area (Å²) in [6.07, 6.45) is 0. The van der Waals surface area contributed by atoms with Crippen LogP contribution in [0.4, 0.5) is 0 Å². The van der Waals surface area contributed by atoms with Crippen LogP contribution in [0.2, 0.25) is 0 Å². The number of aryl methyl sites for hydroxylation is 1. The first-order chi connectivity index (χ1) is 8.16. The normalized spacial score (nSPS) is 12.6. The minimum atomic E-state index is 0.253. The second kappa shape index (κ2) is 5.42. The highest BCUT2D eigenvalue weighted by Crippen LogP contribution is 2.18. The highest BCUT2D eigenvalue weighted by molar-refractivity contribution is 9.10. The Labute approximate surface area is 109 Å². The average Bonchev–Trinajstić information content (AvgIpc) is 2.72. The Morgan fingerprint density at radius 3 is 2.88 bits per heavy atom. The van der Waals surface area contributed by atoms with E-state index in [0.717, 1.165) is 15.9 Å². The van der Waals surface area contributed by atoms with Crippen LogP contribution in [0.25, 0.3) is 0 Å². The van der Waals surface area contributed by atoms with Crippen LogP contribution in [0.3, 0.4) is 0 Å². The van der Waals surface area contributed by atoms with Crippen molar-refractivity contribution in [1.82, 2.24) is 15.6 Å². The van der Waals surface area contributed by atoms with E-state index < -0.39 is 0 Å². The van der Waals surface area contributed by atoms with Gasteiger partial charge in [-0.2, -0.15) is 0 Å². The summed E-state index contributed by atoms with van der Waals surface area (Å²) in [7, 11) is 0. The van der Waals surface area contributed by atoms with E-state index in [1.807, 2.05) is 19.1 Å². The summed E-state index contributed by atoms with van der Waals surface area (Å²) in [5.74, 6) is 0. The van der Waals surface area contributed by atoms with E-state index in [0.29, 0.717) is 6.54 Å². The Balaban J connectivity index is 1.98. The Bertz CT molecular complexity index is 498. The summed E-state index contributed by atoms with van der Waals surface area (Å²) < 4.78 is 5.74. The van der Waals surface area contributed by atoms with Gasteiger partial charge in [-0.05, 0) is 31.5 Å². The number of nitrogens with zero attached hydrogens (tertiary/aromatic N) is 2.